The number of carbonyl (C=O) groups excluding carboxylic acids is 2. The highest BCUT2D eigenvalue weighted by atomic mass is 16.5. The lowest BCUT2D eigenvalue weighted by Gasteiger charge is -2.50. The Bertz CT molecular complexity index is 504. The second-order valence-corrected chi connectivity index (χ2v) is 8.30. The van der Waals surface area contributed by atoms with Gasteiger partial charge in [0.2, 0.25) is 0 Å². The lowest BCUT2D eigenvalue weighted by atomic mass is 9.54. The second kappa shape index (κ2) is 6.75. The first kappa shape index (κ1) is 17.9. The highest BCUT2D eigenvalue weighted by Crippen LogP contribution is 2.53. The highest BCUT2D eigenvalue weighted by Gasteiger charge is 2.53. The van der Waals surface area contributed by atoms with E-state index < -0.39 is 6.10 Å². The predicted octanol–water partition coefficient (Wildman–Crippen LogP) is 2.35. The fraction of sp³-hybridized carbons (Fsp3) is 0.895. The van der Waals surface area contributed by atoms with Gasteiger partial charge in [0, 0.05) is 18.9 Å². The molecule has 3 rings (SSSR count). The van der Waals surface area contributed by atoms with E-state index in [9.17, 15) is 14.7 Å². The Kier molecular flexibility index (Phi) is 5.03. The third-order valence-electron chi connectivity index (χ3n) is 7.08. The number of ether oxygens (including phenoxy) is 2. The van der Waals surface area contributed by atoms with Crippen molar-refractivity contribution in [2.24, 2.45) is 29.1 Å². The monoisotopic (exact) mass is 338 g/mol. The number of ketones is 1. The Morgan fingerprint density at radius 2 is 1.88 bits per heavy atom. The van der Waals surface area contributed by atoms with Gasteiger partial charge in [-0.3, -0.25) is 9.59 Å². The molecular formula is C19H30O5. The summed E-state index contributed by atoms with van der Waals surface area (Å²) in [7, 11) is 3.15. The minimum Gasteiger partial charge on any atom is -0.469 e. The van der Waals surface area contributed by atoms with Gasteiger partial charge in [-0.2, -0.15) is 0 Å². The van der Waals surface area contributed by atoms with E-state index in [4.69, 9.17) is 9.47 Å². The molecule has 5 heteroatoms. The molecule has 5 nitrogen and oxygen atoms in total. The average Bonchev–Trinajstić information content (AvgIpc) is 2.55. The van der Waals surface area contributed by atoms with Crippen molar-refractivity contribution >= 4 is 11.8 Å². The zero-order chi connectivity index (χ0) is 17.5. The molecule has 2 bridgehead atoms. The number of fused-ring (bicyclic) bond motifs is 3. The normalized spacial score (nSPS) is 45.8. The standard InChI is InChI=1S/C19H30O5/c1-19-5-4-15(23-2)10-13(19)6-11-7-14(20)8-12(9-16(19)21)17(11)18(22)24-3/h11-15,17,20H,4-10H2,1-3H3/t11-,12-,13-,14+,15-,17+,19-/m1/s1. The van der Waals surface area contributed by atoms with Gasteiger partial charge in [-0.25, -0.2) is 0 Å². The SMILES string of the molecule is COC(=O)[C@@H]1[C@H]2CC(=O)[C@]3(C)CC[C@@H](OC)C[C@H]3C[C@@H]1C[C@H](O)C2. The quantitative estimate of drug-likeness (QED) is 0.783. The van der Waals surface area contributed by atoms with Crippen LogP contribution in [0.5, 0.6) is 0 Å². The van der Waals surface area contributed by atoms with Crippen molar-refractivity contribution in [1.29, 1.82) is 0 Å². The van der Waals surface area contributed by atoms with E-state index in [1.165, 1.54) is 7.11 Å². The van der Waals surface area contributed by atoms with Crippen LogP contribution in [0.25, 0.3) is 0 Å². The maximum absolute atomic E-state index is 13.1. The number of hydrogen-bond acceptors (Lipinski definition) is 5. The van der Waals surface area contributed by atoms with Crippen molar-refractivity contribution in [3.8, 4) is 0 Å². The molecule has 3 saturated carbocycles. The van der Waals surface area contributed by atoms with Crippen LogP contribution in [0, 0.1) is 29.1 Å². The third kappa shape index (κ3) is 3.01. The first-order valence-electron chi connectivity index (χ1n) is 9.21. The van der Waals surface area contributed by atoms with E-state index in [0.717, 1.165) is 25.7 Å². The van der Waals surface area contributed by atoms with Crippen LogP contribution in [0.15, 0.2) is 0 Å². The molecule has 136 valence electrons. The predicted molar refractivity (Wildman–Crippen MR) is 88.2 cm³/mol. The van der Waals surface area contributed by atoms with Crippen molar-refractivity contribution in [1.82, 2.24) is 0 Å². The Balaban J connectivity index is 1.93. The molecular weight excluding hydrogens is 308 g/mol. The smallest absolute Gasteiger partial charge is 0.309 e. The number of carbonyl (C=O) groups is 2. The largest absolute Gasteiger partial charge is 0.469 e. The summed E-state index contributed by atoms with van der Waals surface area (Å²) in [5.41, 5.74) is -0.311. The molecule has 3 fully saturated rings. The van der Waals surface area contributed by atoms with Gasteiger partial charge in [0.25, 0.3) is 0 Å². The number of esters is 1. The van der Waals surface area contributed by atoms with Crippen LogP contribution in [-0.2, 0) is 19.1 Å². The third-order valence-corrected chi connectivity index (χ3v) is 7.08. The van der Waals surface area contributed by atoms with Gasteiger partial charge in [-0.15, -0.1) is 0 Å². The molecule has 3 aliphatic carbocycles. The summed E-state index contributed by atoms with van der Waals surface area (Å²) in [5, 5.41) is 10.3. The molecule has 24 heavy (non-hydrogen) atoms. The van der Waals surface area contributed by atoms with E-state index in [0.29, 0.717) is 19.3 Å². The Morgan fingerprint density at radius 3 is 2.54 bits per heavy atom. The molecule has 0 radical (unpaired) electrons. The molecule has 0 aliphatic heterocycles. The fourth-order valence-corrected chi connectivity index (χ4v) is 5.58. The summed E-state index contributed by atoms with van der Waals surface area (Å²) in [4.78, 5) is 25.5. The molecule has 1 N–H and O–H groups in total. The molecule has 0 heterocycles. The van der Waals surface area contributed by atoms with Crippen LogP contribution in [0.4, 0.5) is 0 Å². The molecule has 0 amide bonds. The molecule has 7 atom stereocenters. The number of hydrogen-bond donors (Lipinski definition) is 1. The zero-order valence-electron chi connectivity index (χ0n) is 15.0. The summed E-state index contributed by atoms with van der Waals surface area (Å²) in [5.74, 6) is 0.0127. The van der Waals surface area contributed by atoms with Gasteiger partial charge in [-0.1, -0.05) is 6.92 Å². The fourth-order valence-electron chi connectivity index (χ4n) is 5.58. The number of methoxy groups -OCH3 is 2. The van der Waals surface area contributed by atoms with Gasteiger partial charge in [0.05, 0.1) is 25.2 Å². The lowest BCUT2D eigenvalue weighted by Crippen LogP contribution is -2.51. The van der Waals surface area contributed by atoms with Gasteiger partial charge in [0.15, 0.2) is 0 Å². The van der Waals surface area contributed by atoms with Gasteiger partial charge < -0.3 is 14.6 Å². The van der Waals surface area contributed by atoms with E-state index in [2.05, 4.69) is 6.92 Å². The summed E-state index contributed by atoms with van der Waals surface area (Å²) >= 11 is 0. The topological polar surface area (TPSA) is 72.8 Å². The number of aliphatic hydroxyl groups excluding tert-OH is 1. The van der Waals surface area contributed by atoms with Crippen LogP contribution >= 0.6 is 0 Å². The Morgan fingerprint density at radius 1 is 1.17 bits per heavy atom. The second-order valence-electron chi connectivity index (χ2n) is 8.30. The van der Waals surface area contributed by atoms with Crippen molar-refractivity contribution in [3.63, 3.8) is 0 Å². The highest BCUT2D eigenvalue weighted by molar-refractivity contribution is 5.86. The van der Waals surface area contributed by atoms with E-state index in [1.807, 2.05) is 0 Å². The minimum absolute atomic E-state index is 0.0865. The van der Waals surface area contributed by atoms with E-state index >= 15 is 0 Å². The minimum atomic E-state index is -0.417. The van der Waals surface area contributed by atoms with Gasteiger partial charge in [-0.05, 0) is 56.3 Å². The molecule has 3 aliphatic rings. The van der Waals surface area contributed by atoms with Crippen molar-refractivity contribution < 1.29 is 24.2 Å². The van der Waals surface area contributed by atoms with Crippen LogP contribution < -0.4 is 0 Å². The number of Topliss-reactive ketones (excluding diaryl/α,β-unsaturated/α-hetero) is 1. The molecule has 0 aromatic heterocycles. The van der Waals surface area contributed by atoms with Crippen LogP contribution in [0.3, 0.4) is 0 Å². The Labute approximate surface area is 144 Å². The first-order chi connectivity index (χ1) is 11.4. The van der Waals surface area contributed by atoms with Crippen molar-refractivity contribution in [3.05, 3.63) is 0 Å². The summed E-state index contributed by atoms with van der Waals surface area (Å²) in [6.07, 6.45) is 4.78. The summed E-state index contributed by atoms with van der Waals surface area (Å²) < 4.78 is 10.6. The van der Waals surface area contributed by atoms with Gasteiger partial charge in [0.1, 0.15) is 5.78 Å². The molecule has 0 aromatic rings. The van der Waals surface area contributed by atoms with Crippen molar-refractivity contribution in [2.45, 2.75) is 64.1 Å². The van der Waals surface area contributed by atoms with Crippen LogP contribution in [0.2, 0.25) is 0 Å². The molecule has 0 spiro atoms. The summed E-state index contributed by atoms with van der Waals surface area (Å²) in [6, 6.07) is 0. The van der Waals surface area contributed by atoms with Crippen LogP contribution in [-0.4, -0.2) is 43.3 Å². The molecule has 0 unspecified atom stereocenters. The van der Waals surface area contributed by atoms with Crippen molar-refractivity contribution in [2.75, 3.05) is 14.2 Å². The van der Waals surface area contributed by atoms with Crippen LogP contribution in [0.1, 0.15) is 51.9 Å². The van der Waals surface area contributed by atoms with E-state index in [-0.39, 0.29) is 46.9 Å². The first-order valence-corrected chi connectivity index (χ1v) is 9.21. The number of aliphatic hydroxyl groups is 1. The Hall–Kier alpha value is -0.940. The molecule has 0 aromatic carbocycles. The maximum Gasteiger partial charge on any atom is 0.309 e. The lowest BCUT2D eigenvalue weighted by molar-refractivity contribution is -0.159. The number of rotatable bonds is 2. The average molecular weight is 338 g/mol. The van der Waals surface area contributed by atoms with E-state index in [1.54, 1.807) is 7.11 Å². The molecule has 0 saturated heterocycles. The summed E-state index contributed by atoms with van der Waals surface area (Å²) in [6.45, 7) is 2.11. The zero-order valence-corrected chi connectivity index (χ0v) is 15.0. The van der Waals surface area contributed by atoms with Gasteiger partial charge >= 0.3 is 5.97 Å². The maximum atomic E-state index is 13.1.